The Labute approximate surface area is 121 Å². The molecule has 3 aromatic rings. The number of carboxylic acids is 1. The Hall–Kier alpha value is -2.82. The van der Waals surface area contributed by atoms with Crippen LogP contribution in [-0.4, -0.2) is 26.0 Å². The Morgan fingerprint density at radius 2 is 1.86 bits per heavy atom. The molecule has 104 valence electrons. The van der Waals surface area contributed by atoms with E-state index in [-0.39, 0.29) is 5.56 Å². The van der Waals surface area contributed by atoms with Gasteiger partial charge >= 0.3 is 5.97 Å². The van der Waals surface area contributed by atoms with E-state index < -0.39 is 5.97 Å². The van der Waals surface area contributed by atoms with Crippen LogP contribution in [0.3, 0.4) is 0 Å². The molecule has 0 saturated carbocycles. The fourth-order valence-corrected chi connectivity index (χ4v) is 2.37. The van der Waals surface area contributed by atoms with E-state index in [0.717, 1.165) is 11.1 Å². The van der Waals surface area contributed by atoms with E-state index in [0.29, 0.717) is 22.3 Å². The number of aryl methyl sites for hydroxylation is 2. The summed E-state index contributed by atoms with van der Waals surface area (Å²) in [5, 5.41) is 10.2. The summed E-state index contributed by atoms with van der Waals surface area (Å²) in [6.45, 7) is 3.80. The van der Waals surface area contributed by atoms with Crippen LogP contribution < -0.4 is 0 Å². The Kier molecular flexibility index (Phi) is 3.10. The van der Waals surface area contributed by atoms with Crippen LogP contribution in [0.4, 0.5) is 0 Å². The molecule has 0 aliphatic carbocycles. The third kappa shape index (κ3) is 2.23. The number of hydrogen-bond donors (Lipinski definition) is 1. The topological polar surface area (TPSA) is 76.0 Å². The van der Waals surface area contributed by atoms with E-state index >= 15 is 0 Å². The molecule has 2 heterocycles. The van der Waals surface area contributed by atoms with Gasteiger partial charge in [-0.1, -0.05) is 12.1 Å². The van der Waals surface area contributed by atoms with Gasteiger partial charge in [-0.3, -0.25) is 9.97 Å². The maximum atomic E-state index is 11.6. The van der Waals surface area contributed by atoms with E-state index in [1.807, 2.05) is 26.0 Å². The zero-order chi connectivity index (χ0) is 15.0. The predicted octanol–water partition coefficient (Wildman–Crippen LogP) is 3.01. The molecule has 0 aliphatic heterocycles. The van der Waals surface area contributed by atoms with Crippen molar-refractivity contribution in [3.8, 4) is 11.4 Å². The maximum absolute atomic E-state index is 11.6. The fourth-order valence-electron chi connectivity index (χ4n) is 2.37. The van der Waals surface area contributed by atoms with Crippen molar-refractivity contribution in [3.63, 3.8) is 0 Å². The van der Waals surface area contributed by atoms with Crippen LogP contribution in [0.25, 0.3) is 22.3 Å². The zero-order valence-electron chi connectivity index (χ0n) is 11.7. The fraction of sp³-hybridized carbons (Fsp3) is 0.125. The van der Waals surface area contributed by atoms with Crippen LogP contribution in [0.5, 0.6) is 0 Å². The molecule has 21 heavy (non-hydrogen) atoms. The van der Waals surface area contributed by atoms with Gasteiger partial charge in [0.05, 0.1) is 23.0 Å². The lowest BCUT2D eigenvalue weighted by atomic mass is 9.99. The minimum Gasteiger partial charge on any atom is -0.478 e. The lowest BCUT2D eigenvalue weighted by Gasteiger charge is -2.10. The minimum absolute atomic E-state index is 0.238. The highest BCUT2D eigenvalue weighted by atomic mass is 16.4. The van der Waals surface area contributed by atoms with E-state index in [9.17, 15) is 9.90 Å². The van der Waals surface area contributed by atoms with Crippen molar-refractivity contribution >= 4 is 16.9 Å². The number of carboxylic acid groups (broad SMARTS) is 1. The molecule has 0 bridgehead atoms. The third-order valence-electron chi connectivity index (χ3n) is 3.43. The van der Waals surface area contributed by atoms with Gasteiger partial charge in [-0.15, -0.1) is 0 Å². The van der Waals surface area contributed by atoms with Crippen molar-refractivity contribution in [3.05, 3.63) is 53.5 Å². The molecular formula is C16H13N3O2. The Morgan fingerprint density at radius 1 is 1.10 bits per heavy atom. The lowest BCUT2D eigenvalue weighted by molar-refractivity contribution is 0.0699. The number of aromatic nitrogens is 3. The summed E-state index contributed by atoms with van der Waals surface area (Å²) in [5.41, 5.74) is 3.83. The van der Waals surface area contributed by atoms with E-state index in [1.54, 1.807) is 24.7 Å². The maximum Gasteiger partial charge on any atom is 0.336 e. The first-order valence-electron chi connectivity index (χ1n) is 6.48. The molecule has 1 aromatic carbocycles. The van der Waals surface area contributed by atoms with E-state index in [2.05, 4.69) is 15.0 Å². The van der Waals surface area contributed by atoms with Crippen molar-refractivity contribution in [2.24, 2.45) is 0 Å². The van der Waals surface area contributed by atoms with Gasteiger partial charge in [0.2, 0.25) is 0 Å². The smallest absolute Gasteiger partial charge is 0.336 e. The molecule has 0 spiro atoms. The van der Waals surface area contributed by atoms with Gasteiger partial charge in [0.15, 0.2) is 0 Å². The molecule has 0 aliphatic rings. The van der Waals surface area contributed by atoms with Crippen LogP contribution >= 0.6 is 0 Å². The summed E-state index contributed by atoms with van der Waals surface area (Å²) in [5.74, 6) is -0.971. The highest BCUT2D eigenvalue weighted by Crippen LogP contribution is 2.28. The number of carbonyl (C=O) groups is 1. The molecule has 1 N–H and O–H groups in total. The lowest BCUT2D eigenvalue weighted by Crippen LogP contribution is -2.03. The summed E-state index contributed by atoms with van der Waals surface area (Å²) in [6.07, 6.45) is 4.70. The molecule has 0 unspecified atom stereocenters. The van der Waals surface area contributed by atoms with Gasteiger partial charge in [-0.05, 0) is 31.0 Å². The number of pyridine rings is 1. The molecule has 2 aromatic heterocycles. The van der Waals surface area contributed by atoms with Crippen LogP contribution in [0.15, 0.2) is 36.8 Å². The van der Waals surface area contributed by atoms with Crippen molar-refractivity contribution in [1.29, 1.82) is 0 Å². The highest BCUT2D eigenvalue weighted by molar-refractivity contribution is 6.05. The molecule has 0 saturated heterocycles. The highest BCUT2D eigenvalue weighted by Gasteiger charge is 2.16. The molecular weight excluding hydrogens is 266 g/mol. The Bertz CT molecular complexity index is 845. The van der Waals surface area contributed by atoms with Gasteiger partial charge < -0.3 is 5.11 Å². The van der Waals surface area contributed by atoms with Crippen LogP contribution in [0, 0.1) is 13.8 Å². The molecule has 0 amide bonds. The number of aromatic carboxylic acids is 1. The number of benzene rings is 1. The van der Waals surface area contributed by atoms with E-state index in [4.69, 9.17) is 0 Å². The van der Waals surface area contributed by atoms with Crippen molar-refractivity contribution < 1.29 is 9.90 Å². The minimum atomic E-state index is -0.971. The van der Waals surface area contributed by atoms with Crippen molar-refractivity contribution in [1.82, 2.24) is 15.0 Å². The number of rotatable bonds is 2. The molecule has 0 radical (unpaired) electrons. The molecule has 0 fully saturated rings. The number of hydrogen-bond acceptors (Lipinski definition) is 4. The average molecular weight is 279 g/mol. The van der Waals surface area contributed by atoms with Gasteiger partial charge in [-0.25, -0.2) is 9.78 Å². The van der Waals surface area contributed by atoms with Gasteiger partial charge in [-0.2, -0.15) is 0 Å². The second-order valence-electron chi connectivity index (χ2n) is 4.87. The zero-order valence-corrected chi connectivity index (χ0v) is 11.7. The third-order valence-corrected chi connectivity index (χ3v) is 3.43. The second kappa shape index (κ2) is 4.94. The van der Waals surface area contributed by atoms with Crippen molar-refractivity contribution in [2.45, 2.75) is 13.8 Å². The Balaban J connectivity index is 2.41. The molecule has 5 heteroatoms. The van der Waals surface area contributed by atoms with Gasteiger partial charge in [0.1, 0.15) is 5.69 Å². The Morgan fingerprint density at radius 3 is 2.52 bits per heavy atom. The number of fused-ring (bicyclic) bond motifs is 1. The second-order valence-corrected chi connectivity index (χ2v) is 4.87. The van der Waals surface area contributed by atoms with Gasteiger partial charge in [0, 0.05) is 17.8 Å². The molecule has 3 rings (SSSR count). The normalized spacial score (nSPS) is 10.8. The monoisotopic (exact) mass is 279 g/mol. The number of nitrogens with zero attached hydrogens (tertiary/aromatic N) is 3. The largest absolute Gasteiger partial charge is 0.478 e. The standard InChI is InChI=1S/C16H13N3O2/c1-9-3-4-10(2)15-14(9)11(16(20)21)7-12(19-15)13-8-17-5-6-18-13/h3-8H,1-2H3,(H,20,21). The quantitative estimate of drug-likeness (QED) is 0.780. The van der Waals surface area contributed by atoms with Crippen LogP contribution in [0.1, 0.15) is 21.5 Å². The van der Waals surface area contributed by atoms with Crippen LogP contribution in [-0.2, 0) is 0 Å². The first-order chi connectivity index (χ1) is 10.1. The predicted molar refractivity (Wildman–Crippen MR) is 79.2 cm³/mol. The summed E-state index contributed by atoms with van der Waals surface area (Å²) < 4.78 is 0. The summed E-state index contributed by atoms with van der Waals surface area (Å²) in [7, 11) is 0. The van der Waals surface area contributed by atoms with Crippen LogP contribution in [0.2, 0.25) is 0 Å². The SMILES string of the molecule is Cc1ccc(C)c2c(C(=O)O)cc(-c3cnccn3)nc12. The summed E-state index contributed by atoms with van der Waals surface area (Å²) in [4.78, 5) is 24.4. The first-order valence-corrected chi connectivity index (χ1v) is 6.48. The average Bonchev–Trinajstić information content (AvgIpc) is 2.51. The molecule has 0 atom stereocenters. The van der Waals surface area contributed by atoms with E-state index in [1.165, 1.54) is 0 Å². The van der Waals surface area contributed by atoms with Gasteiger partial charge in [0.25, 0.3) is 0 Å². The summed E-state index contributed by atoms with van der Waals surface area (Å²) in [6, 6.07) is 5.41. The molecule has 5 nitrogen and oxygen atoms in total. The van der Waals surface area contributed by atoms with Crippen molar-refractivity contribution in [2.75, 3.05) is 0 Å². The summed E-state index contributed by atoms with van der Waals surface area (Å²) >= 11 is 0. The first kappa shape index (κ1) is 13.2.